The zero-order valence-corrected chi connectivity index (χ0v) is 14.6. The SMILES string of the molecule is COc1ccc2nc(NC(=O)c3ccccc3S(C)(=O)=O)sc2c1. The van der Waals surface area contributed by atoms with E-state index in [0.29, 0.717) is 10.9 Å². The van der Waals surface area contributed by atoms with E-state index in [1.165, 1.54) is 23.5 Å². The average molecular weight is 362 g/mol. The van der Waals surface area contributed by atoms with Crippen LogP contribution in [0.3, 0.4) is 0 Å². The number of ether oxygens (including phenoxy) is 1. The van der Waals surface area contributed by atoms with Gasteiger partial charge >= 0.3 is 0 Å². The first-order valence-electron chi connectivity index (χ1n) is 6.93. The van der Waals surface area contributed by atoms with Crippen LogP contribution in [0.2, 0.25) is 0 Å². The minimum absolute atomic E-state index is 0.00900. The summed E-state index contributed by atoms with van der Waals surface area (Å²) in [6.45, 7) is 0. The lowest BCUT2D eigenvalue weighted by atomic mass is 10.2. The largest absolute Gasteiger partial charge is 0.497 e. The number of anilines is 1. The third-order valence-corrected chi connectivity index (χ3v) is 5.44. The van der Waals surface area contributed by atoms with Crippen molar-refractivity contribution in [1.29, 1.82) is 0 Å². The minimum Gasteiger partial charge on any atom is -0.497 e. The van der Waals surface area contributed by atoms with Crippen molar-refractivity contribution in [1.82, 2.24) is 4.98 Å². The Labute approximate surface area is 143 Å². The molecular weight excluding hydrogens is 348 g/mol. The number of thiazole rings is 1. The van der Waals surface area contributed by atoms with Crippen LogP contribution >= 0.6 is 11.3 Å². The Hall–Kier alpha value is -2.45. The van der Waals surface area contributed by atoms with Gasteiger partial charge in [-0.1, -0.05) is 23.5 Å². The maximum Gasteiger partial charge on any atom is 0.258 e. The third kappa shape index (κ3) is 3.24. The van der Waals surface area contributed by atoms with Gasteiger partial charge in [-0.2, -0.15) is 0 Å². The number of methoxy groups -OCH3 is 1. The number of benzene rings is 2. The van der Waals surface area contributed by atoms with Crippen molar-refractivity contribution in [2.24, 2.45) is 0 Å². The maximum atomic E-state index is 12.4. The first-order valence-corrected chi connectivity index (χ1v) is 9.64. The fourth-order valence-corrected chi connectivity index (χ4v) is 4.00. The van der Waals surface area contributed by atoms with Gasteiger partial charge in [0.05, 0.1) is 27.8 Å². The summed E-state index contributed by atoms with van der Waals surface area (Å²) in [5.41, 5.74) is 0.823. The summed E-state index contributed by atoms with van der Waals surface area (Å²) in [5, 5.41) is 3.06. The van der Waals surface area contributed by atoms with Gasteiger partial charge in [0.2, 0.25) is 0 Å². The molecule has 1 aromatic heterocycles. The summed E-state index contributed by atoms with van der Waals surface area (Å²) in [4.78, 5) is 16.8. The number of carbonyl (C=O) groups excluding carboxylic acids is 1. The predicted octanol–water partition coefficient (Wildman–Crippen LogP) is 2.96. The number of nitrogens with one attached hydrogen (secondary N) is 1. The van der Waals surface area contributed by atoms with Gasteiger partial charge in [-0.15, -0.1) is 0 Å². The lowest BCUT2D eigenvalue weighted by Crippen LogP contribution is -2.15. The number of aromatic nitrogens is 1. The second kappa shape index (κ2) is 6.21. The number of carbonyl (C=O) groups is 1. The summed E-state index contributed by atoms with van der Waals surface area (Å²) >= 11 is 1.29. The van der Waals surface area contributed by atoms with Gasteiger partial charge in [-0.05, 0) is 30.3 Å². The van der Waals surface area contributed by atoms with Crippen LogP contribution in [0.5, 0.6) is 5.75 Å². The molecule has 3 rings (SSSR count). The van der Waals surface area contributed by atoms with Crippen LogP contribution in [0.25, 0.3) is 10.2 Å². The highest BCUT2D eigenvalue weighted by molar-refractivity contribution is 7.90. The highest BCUT2D eigenvalue weighted by Gasteiger charge is 2.19. The molecule has 0 fully saturated rings. The van der Waals surface area contributed by atoms with Crippen LogP contribution in [0.1, 0.15) is 10.4 Å². The maximum absolute atomic E-state index is 12.4. The summed E-state index contributed by atoms with van der Waals surface area (Å²) < 4.78 is 29.7. The molecule has 0 atom stereocenters. The van der Waals surface area contributed by atoms with Crippen LogP contribution in [0.4, 0.5) is 5.13 Å². The fourth-order valence-electron chi connectivity index (χ4n) is 2.23. The van der Waals surface area contributed by atoms with Crippen LogP contribution in [-0.4, -0.2) is 32.7 Å². The summed E-state index contributed by atoms with van der Waals surface area (Å²) in [6, 6.07) is 11.5. The molecule has 0 spiro atoms. The Balaban J connectivity index is 1.93. The van der Waals surface area contributed by atoms with E-state index in [-0.39, 0.29) is 10.5 Å². The number of hydrogen-bond donors (Lipinski definition) is 1. The van der Waals surface area contributed by atoms with Crippen LogP contribution in [0, 0.1) is 0 Å². The standard InChI is InChI=1S/C16H14N2O4S2/c1-22-10-7-8-12-13(9-10)23-16(17-12)18-15(19)11-5-3-4-6-14(11)24(2,20)21/h3-9H,1-2H3,(H,17,18,19). The average Bonchev–Trinajstić information content (AvgIpc) is 2.95. The summed E-state index contributed by atoms with van der Waals surface area (Å²) in [5.74, 6) is 0.188. The van der Waals surface area contributed by atoms with Crippen LogP contribution in [0.15, 0.2) is 47.4 Å². The molecular formula is C16H14N2O4S2. The summed E-state index contributed by atoms with van der Waals surface area (Å²) in [6.07, 6.45) is 1.07. The molecule has 2 aromatic carbocycles. The van der Waals surface area contributed by atoms with E-state index in [9.17, 15) is 13.2 Å². The van der Waals surface area contributed by atoms with E-state index in [1.54, 1.807) is 31.4 Å². The number of hydrogen-bond acceptors (Lipinski definition) is 6. The van der Waals surface area contributed by atoms with E-state index < -0.39 is 15.7 Å². The molecule has 0 aliphatic heterocycles. The zero-order chi connectivity index (χ0) is 17.3. The Morgan fingerprint density at radius 1 is 1.21 bits per heavy atom. The molecule has 0 aliphatic carbocycles. The first kappa shape index (κ1) is 16.4. The molecule has 3 aromatic rings. The predicted molar refractivity (Wildman–Crippen MR) is 93.7 cm³/mol. The molecule has 24 heavy (non-hydrogen) atoms. The molecule has 1 heterocycles. The number of rotatable bonds is 4. The molecule has 6 nitrogen and oxygen atoms in total. The Bertz CT molecular complexity index is 1030. The van der Waals surface area contributed by atoms with Gasteiger partial charge in [0.1, 0.15) is 5.75 Å². The van der Waals surface area contributed by atoms with Crippen molar-refractivity contribution in [2.75, 3.05) is 18.7 Å². The quantitative estimate of drug-likeness (QED) is 0.771. The molecule has 0 radical (unpaired) electrons. The number of nitrogens with zero attached hydrogens (tertiary/aromatic N) is 1. The second-order valence-corrected chi connectivity index (χ2v) is 8.09. The number of sulfone groups is 1. The normalized spacial score (nSPS) is 11.4. The zero-order valence-electron chi connectivity index (χ0n) is 12.9. The van der Waals surface area contributed by atoms with Crippen molar-refractivity contribution in [2.45, 2.75) is 4.90 Å². The Morgan fingerprint density at radius 3 is 2.67 bits per heavy atom. The number of fused-ring (bicyclic) bond motifs is 1. The van der Waals surface area contributed by atoms with Crippen molar-refractivity contribution in [3.63, 3.8) is 0 Å². The highest BCUT2D eigenvalue weighted by Crippen LogP contribution is 2.29. The van der Waals surface area contributed by atoms with Gasteiger partial charge < -0.3 is 4.74 Å². The van der Waals surface area contributed by atoms with E-state index in [1.807, 2.05) is 6.07 Å². The van der Waals surface area contributed by atoms with Crippen molar-refractivity contribution in [3.8, 4) is 5.75 Å². The molecule has 0 saturated heterocycles. The van der Waals surface area contributed by atoms with Crippen molar-refractivity contribution in [3.05, 3.63) is 48.0 Å². The molecule has 1 amide bonds. The van der Waals surface area contributed by atoms with Crippen molar-refractivity contribution >= 4 is 42.4 Å². The lowest BCUT2D eigenvalue weighted by molar-refractivity contribution is 0.102. The summed E-state index contributed by atoms with van der Waals surface area (Å²) in [7, 11) is -1.92. The molecule has 0 bridgehead atoms. The fraction of sp³-hybridized carbons (Fsp3) is 0.125. The first-order chi connectivity index (χ1) is 11.4. The van der Waals surface area contributed by atoms with Gasteiger partial charge in [-0.3, -0.25) is 10.1 Å². The topological polar surface area (TPSA) is 85.4 Å². The molecule has 0 saturated carbocycles. The lowest BCUT2D eigenvalue weighted by Gasteiger charge is -2.06. The molecule has 1 N–H and O–H groups in total. The molecule has 8 heteroatoms. The van der Waals surface area contributed by atoms with E-state index in [2.05, 4.69) is 10.3 Å². The van der Waals surface area contributed by atoms with Crippen LogP contribution in [-0.2, 0) is 9.84 Å². The van der Waals surface area contributed by atoms with E-state index >= 15 is 0 Å². The monoisotopic (exact) mass is 362 g/mol. The van der Waals surface area contributed by atoms with Gasteiger partial charge in [-0.25, -0.2) is 13.4 Å². The Kier molecular flexibility index (Phi) is 4.25. The number of amides is 1. The highest BCUT2D eigenvalue weighted by atomic mass is 32.2. The Morgan fingerprint density at radius 2 is 1.96 bits per heavy atom. The van der Waals surface area contributed by atoms with Crippen molar-refractivity contribution < 1.29 is 17.9 Å². The smallest absolute Gasteiger partial charge is 0.258 e. The van der Waals surface area contributed by atoms with Gasteiger partial charge in [0.25, 0.3) is 5.91 Å². The minimum atomic E-state index is -3.50. The third-order valence-electron chi connectivity index (χ3n) is 3.35. The molecule has 0 unspecified atom stereocenters. The van der Waals surface area contributed by atoms with E-state index in [0.717, 1.165) is 16.5 Å². The molecule has 124 valence electrons. The van der Waals surface area contributed by atoms with Gasteiger partial charge in [0.15, 0.2) is 15.0 Å². The second-order valence-electron chi connectivity index (χ2n) is 5.08. The van der Waals surface area contributed by atoms with E-state index in [4.69, 9.17) is 4.74 Å². The molecule has 0 aliphatic rings. The van der Waals surface area contributed by atoms with Crippen LogP contribution < -0.4 is 10.1 Å². The van der Waals surface area contributed by atoms with Gasteiger partial charge in [0, 0.05) is 6.26 Å².